The molecular weight excluding hydrogens is 174 g/mol. The molecule has 0 aromatic carbocycles. The summed E-state index contributed by atoms with van der Waals surface area (Å²) in [5.74, 6) is 0. The average Bonchev–Trinajstić information content (AvgIpc) is 0. The Bertz CT molecular complexity index is 14.9. The fourth-order valence-corrected chi connectivity index (χ4v) is 0. The van der Waals surface area contributed by atoms with E-state index in [4.69, 9.17) is 0 Å². The summed E-state index contributed by atoms with van der Waals surface area (Å²) in [4.78, 5) is 0. The molecule has 0 saturated carbocycles. The van der Waals surface area contributed by atoms with Crippen LogP contribution in [0.3, 0.4) is 0 Å². The zero-order chi connectivity index (χ0) is 0. The second-order valence-corrected chi connectivity index (χ2v) is 0. The predicted molar refractivity (Wildman–Crippen MR) is 12.7 cm³/mol. The molecule has 0 aliphatic rings. The van der Waals surface area contributed by atoms with Crippen molar-refractivity contribution < 1.29 is 45.7 Å². The van der Waals surface area contributed by atoms with Crippen LogP contribution in [0.25, 0.3) is 0 Å². The fourth-order valence-electron chi connectivity index (χ4n) is 0. The first-order chi connectivity index (χ1) is 0. The van der Waals surface area contributed by atoms with Gasteiger partial charge in [0.1, 0.15) is 0 Å². The molecule has 0 aromatic rings. The molecule has 0 aromatic heterocycles. The van der Waals surface area contributed by atoms with Crippen molar-refractivity contribution in [1.82, 2.24) is 0 Å². The van der Waals surface area contributed by atoms with Gasteiger partial charge >= 0.3 is 64.3 Å². The Balaban J connectivity index is 0. The van der Waals surface area contributed by atoms with Gasteiger partial charge in [-0.05, 0) is 0 Å². The summed E-state index contributed by atoms with van der Waals surface area (Å²) in [6.45, 7) is 0. The van der Waals surface area contributed by atoms with E-state index in [0.29, 0.717) is 0 Å². The molecule has 0 heterocycles. The zero-order valence-electron chi connectivity index (χ0n) is 5.51. The first-order valence-corrected chi connectivity index (χ1v) is 0. The van der Waals surface area contributed by atoms with Gasteiger partial charge in [-0.1, -0.05) is 0 Å². The van der Waals surface area contributed by atoms with Gasteiger partial charge in [0.15, 0.2) is 0 Å². The normalized spacial score (nSPS) is 0. The standard InChI is InChI=1S/Cu.Li.H2O.Sr.3H/h;;1H2;;;;/q;+1;;+2;3*-1. The smallest absolute Gasteiger partial charge is 1.00 e. The van der Waals surface area contributed by atoms with Crippen LogP contribution in [0.15, 0.2) is 0 Å². The van der Waals surface area contributed by atoms with Crippen LogP contribution in [0.5, 0.6) is 0 Å². The Hall–Kier alpha value is 2.56. The second kappa shape index (κ2) is 17.6. The quantitative estimate of drug-likeness (QED) is 0.341. The molecule has 0 bridgehead atoms. The maximum Gasteiger partial charge on any atom is 2.00 e. The van der Waals surface area contributed by atoms with Crippen molar-refractivity contribution in [2.24, 2.45) is 0 Å². The van der Waals surface area contributed by atoms with E-state index in [1.807, 2.05) is 0 Å². The SMILES string of the molecule is O.[Cu].[H-].[H-].[H-].[Li+].[Sr+2]. The van der Waals surface area contributed by atoms with Gasteiger partial charge in [-0.25, -0.2) is 0 Å². The number of rotatable bonds is 0. The monoisotopic (exact) mass is 179 g/mol. The Morgan fingerprint density at radius 1 is 1.25 bits per heavy atom. The summed E-state index contributed by atoms with van der Waals surface area (Å²) in [6, 6.07) is 0. The van der Waals surface area contributed by atoms with Gasteiger partial charge in [0.2, 0.25) is 0 Å². The Labute approximate surface area is 89.6 Å². The van der Waals surface area contributed by atoms with Crippen molar-refractivity contribution in [1.29, 1.82) is 0 Å². The molecule has 0 amide bonds. The fraction of sp³-hybridized carbons (Fsp3) is 0. The number of hydrogen-bond acceptors (Lipinski definition) is 0. The number of hydrogen-bond donors (Lipinski definition) is 0. The van der Waals surface area contributed by atoms with Crippen molar-refractivity contribution in [3.05, 3.63) is 0 Å². The maximum atomic E-state index is 0. The van der Waals surface area contributed by atoms with Crippen molar-refractivity contribution in [3.63, 3.8) is 0 Å². The first-order valence-electron chi connectivity index (χ1n) is 0. The molecule has 2 N–H and O–H groups in total. The van der Waals surface area contributed by atoms with Gasteiger partial charge in [-0.2, -0.15) is 0 Å². The van der Waals surface area contributed by atoms with Gasteiger partial charge < -0.3 is 9.76 Å². The van der Waals surface area contributed by atoms with E-state index in [1.165, 1.54) is 0 Å². The summed E-state index contributed by atoms with van der Waals surface area (Å²) in [7, 11) is 0. The third-order valence-electron chi connectivity index (χ3n) is 0. The summed E-state index contributed by atoms with van der Waals surface area (Å²) in [5.41, 5.74) is 0. The molecule has 0 spiro atoms. The molecule has 0 rings (SSSR count). The van der Waals surface area contributed by atoms with Gasteiger partial charge in [0.05, 0.1) is 0 Å². The van der Waals surface area contributed by atoms with Crippen molar-refractivity contribution in [2.75, 3.05) is 0 Å². The molecule has 0 fully saturated rings. The van der Waals surface area contributed by atoms with E-state index in [-0.39, 0.29) is 91.2 Å². The molecule has 1 nitrogen and oxygen atoms in total. The third kappa shape index (κ3) is 8.82. The van der Waals surface area contributed by atoms with E-state index in [0.717, 1.165) is 0 Å². The first kappa shape index (κ1) is 31.0. The van der Waals surface area contributed by atoms with E-state index in [9.17, 15) is 0 Å². The molecule has 0 unspecified atom stereocenters. The minimum absolute atomic E-state index is 0. The summed E-state index contributed by atoms with van der Waals surface area (Å²) < 4.78 is 0. The van der Waals surface area contributed by atoms with Crippen LogP contribution in [0, 0.1) is 0 Å². The summed E-state index contributed by atoms with van der Waals surface area (Å²) in [5, 5.41) is 0. The summed E-state index contributed by atoms with van der Waals surface area (Å²) >= 11 is 0. The Morgan fingerprint density at radius 3 is 1.25 bits per heavy atom. The van der Waals surface area contributed by atoms with Crippen LogP contribution in [0.4, 0.5) is 0 Å². The molecule has 0 saturated heterocycles. The largest absolute Gasteiger partial charge is 2.00 e. The van der Waals surface area contributed by atoms with Gasteiger partial charge in [-0.3, -0.25) is 0 Å². The van der Waals surface area contributed by atoms with Crippen LogP contribution in [-0.2, 0) is 17.1 Å². The van der Waals surface area contributed by atoms with Crippen LogP contribution in [-0.4, -0.2) is 51.0 Å². The molecular formula is H5CuLiOSr. The van der Waals surface area contributed by atoms with Crippen LogP contribution < -0.4 is 18.9 Å². The van der Waals surface area contributed by atoms with E-state index in [1.54, 1.807) is 0 Å². The molecule has 0 aliphatic carbocycles. The second-order valence-electron chi connectivity index (χ2n) is 0. The van der Waals surface area contributed by atoms with Gasteiger partial charge in [-0.15, -0.1) is 0 Å². The third-order valence-corrected chi connectivity index (χ3v) is 0. The molecule has 1 radical (unpaired) electrons. The van der Waals surface area contributed by atoms with E-state index < -0.39 is 0 Å². The topological polar surface area (TPSA) is 31.5 Å². The Kier molecular flexibility index (Phi) is 137. The van der Waals surface area contributed by atoms with Gasteiger partial charge in [0.25, 0.3) is 0 Å². The molecule has 25 valence electrons. The maximum absolute atomic E-state index is 0. The van der Waals surface area contributed by atoms with Crippen molar-refractivity contribution >= 4 is 45.5 Å². The van der Waals surface area contributed by atoms with Crippen molar-refractivity contribution in [3.8, 4) is 0 Å². The minimum atomic E-state index is 0. The Morgan fingerprint density at radius 2 is 1.25 bits per heavy atom. The summed E-state index contributed by atoms with van der Waals surface area (Å²) in [6.07, 6.45) is 0. The van der Waals surface area contributed by atoms with E-state index >= 15 is 0 Å². The molecule has 4 heavy (non-hydrogen) atoms. The zero-order valence-corrected chi connectivity index (χ0v) is 6.93. The van der Waals surface area contributed by atoms with Crippen LogP contribution >= 0.6 is 0 Å². The van der Waals surface area contributed by atoms with Crippen LogP contribution in [0.1, 0.15) is 4.28 Å². The van der Waals surface area contributed by atoms with E-state index in [2.05, 4.69) is 0 Å². The molecule has 0 atom stereocenters. The van der Waals surface area contributed by atoms with Crippen LogP contribution in [0.2, 0.25) is 0 Å². The minimum Gasteiger partial charge on any atom is -1.00 e. The van der Waals surface area contributed by atoms with Gasteiger partial charge in [0, 0.05) is 17.1 Å². The average molecular weight is 179 g/mol. The predicted octanol–water partition coefficient (Wildman–Crippen LogP) is -3.87. The molecule has 4 heteroatoms. The van der Waals surface area contributed by atoms with Crippen molar-refractivity contribution in [2.45, 2.75) is 0 Å². The molecule has 0 aliphatic heterocycles.